The van der Waals surface area contributed by atoms with Crippen LogP contribution < -0.4 is 4.74 Å². The number of nitrogens with zero attached hydrogens (tertiary/aromatic N) is 2. The fourth-order valence-electron chi connectivity index (χ4n) is 1.61. The first-order valence-corrected chi connectivity index (χ1v) is 6.69. The fourth-order valence-corrected chi connectivity index (χ4v) is 1.91. The van der Waals surface area contributed by atoms with E-state index in [0.717, 1.165) is 6.07 Å². The van der Waals surface area contributed by atoms with Gasteiger partial charge in [-0.15, -0.1) is 10.2 Å². The molecule has 1 aromatic heterocycles. The largest absolute Gasteiger partial charge is 0.476 e. The SMILES string of the molecule is O=C(O)c1cc(-c2ccc(Cl)c(Cl)c2)c(OCC(F)(F)F)nn1. The molecule has 1 N–H and O–H groups in total. The summed E-state index contributed by atoms with van der Waals surface area (Å²) in [7, 11) is 0. The van der Waals surface area contributed by atoms with Gasteiger partial charge in [0.2, 0.25) is 5.88 Å². The highest BCUT2D eigenvalue weighted by molar-refractivity contribution is 6.42. The second kappa shape index (κ2) is 6.59. The van der Waals surface area contributed by atoms with Crippen molar-refractivity contribution in [3.63, 3.8) is 0 Å². The quantitative estimate of drug-likeness (QED) is 0.881. The average Bonchev–Trinajstić information content (AvgIpc) is 2.47. The first-order chi connectivity index (χ1) is 10.7. The Morgan fingerprint density at radius 2 is 1.87 bits per heavy atom. The summed E-state index contributed by atoms with van der Waals surface area (Å²) < 4.78 is 41.5. The predicted molar refractivity (Wildman–Crippen MR) is 76.0 cm³/mol. The lowest BCUT2D eigenvalue weighted by Crippen LogP contribution is -2.20. The van der Waals surface area contributed by atoms with Crippen LogP contribution in [0.4, 0.5) is 13.2 Å². The average molecular weight is 367 g/mol. The highest BCUT2D eigenvalue weighted by Crippen LogP contribution is 2.33. The molecule has 1 aromatic carbocycles. The lowest BCUT2D eigenvalue weighted by molar-refractivity contribution is -0.154. The molecule has 0 spiro atoms. The smallest absolute Gasteiger partial charge is 0.422 e. The molecule has 2 rings (SSSR count). The predicted octanol–water partition coefficient (Wildman–Crippen LogP) is 4.09. The van der Waals surface area contributed by atoms with E-state index in [1.165, 1.54) is 18.2 Å². The van der Waals surface area contributed by atoms with Gasteiger partial charge in [0.05, 0.1) is 10.0 Å². The zero-order valence-electron chi connectivity index (χ0n) is 11.1. The Labute approximate surface area is 137 Å². The van der Waals surface area contributed by atoms with Crippen LogP contribution in [0.25, 0.3) is 11.1 Å². The molecule has 0 aliphatic rings. The first kappa shape index (κ1) is 17.3. The van der Waals surface area contributed by atoms with Crippen molar-refractivity contribution >= 4 is 29.2 Å². The van der Waals surface area contributed by atoms with Gasteiger partial charge in [0.15, 0.2) is 12.3 Å². The summed E-state index contributed by atoms with van der Waals surface area (Å²) in [5.41, 5.74) is -0.167. The number of carboxylic acids is 1. The van der Waals surface area contributed by atoms with Gasteiger partial charge >= 0.3 is 12.1 Å². The van der Waals surface area contributed by atoms with Crippen molar-refractivity contribution in [2.75, 3.05) is 6.61 Å². The maximum atomic E-state index is 12.3. The van der Waals surface area contributed by atoms with Crippen molar-refractivity contribution in [2.24, 2.45) is 0 Å². The molecule has 0 bridgehead atoms. The van der Waals surface area contributed by atoms with Crippen molar-refractivity contribution in [1.82, 2.24) is 10.2 Å². The maximum absolute atomic E-state index is 12.3. The van der Waals surface area contributed by atoms with Gasteiger partial charge in [-0.25, -0.2) is 4.79 Å². The Hall–Kier alpha value is -2.06. The van der Waals surface area contributed by atoms with Crippen molar-refractivity contribution in [1.29, 1.82) is 0 Å². The molecule has 0 aliphatic carbocycles. The number of halogens is 5. The third kappa shape index (κ3) is 4.46. The lowest BCUT2D eigenvalue weighted by Gasteiger charge is -2.12. The minimum Gasteiger partial charge on any atom is -0.476 e. The highest BCUT2D eigenvalue weighted by Gasteiger charge is 2.29. The summed E-state index contributed by atoms with van der Waals surface area (Å²) in [6.07, 6.45) is -4.58. The van der Waals surface area contributed by atoms with E-state index in [-0.39, 0.29) is 21.2 Å². The number of benzene rings is 1. The maximum Gasteiger partial charge on any atom is 0.422 e. The molecule has 0 amide bonds. The molecule has 5 nitrogen and oxygen atoms in total. The fraction of sp³-hybridized carbons (Fsp3) is 0.154. The van der Waals surface area contributed by atoms with Gasteiger partial charge in [-0.3, -0.25) is 0 Å². The van der Waals surface area contributed by atoms with Gasteiger partial charge in [0.25, 0.3) is 0 Å². The summed E-state index contributed by atoms with van der Waals surface area (Å²) in [6.45, 7) is -1.59. The molecule has 23 heavy (non-hydrogen) atoms. The normalized spacial score (nSPS) is 11.3. The van der Waals surface area contributed by atoms with Gasteiger partial charge in [0, 0.05) is 5.56 Å². The lowest BCUT2D eigenvalue weighted by atomic mass is 10.1. The van der Waals surface area contributed by atoms with Gasteiger partial charge < -0.3 is 9.84 Å². The minimum absolute atomic E-state index is 0.000201. The number of hydrogen-bond acceptors (Lipinski definition) is 4. The third-order valence-corrected chi connectivity index (χ3v) is 3.32. The van der Waals surface area contributed by atoms with Crippen LogP contribution in [0.2, 0.25) is 10.0 Å². The van der Waals surface area contributed by atoms with E-state index >= 15 is 0 Å². The number of rotatable bonds is 4. The van der Waals surface area contributed by atoms with Crippen LogP contribution in [0.5, 0.6) is 5.88 Å². The number of aromatic nitrogens is 2. The molecule has 0 aliphatic heterocycles. The molecule has 0 radical (unpaired) electrons. The molecule has 10 heteroatoms. The van der Waals surface area contributed by atoms with Gasteiger partial charge in [-0.2, -0.15) is 13.2 Å². The minimum atomic E-state index is -4.58. The Morgan fingerprint density at radius 3 is 2.43 bits per heavy atom. The molecular formula is C13H7Cl2F3N2O3. The zero-order chi connectivity index (χ0) is 17.2. The van der Waals surface area contributed by atoms with E-state index < -0.39 is 30.3 Å². The number of hydrogen-bond donors (Lipinski definition) is 1. The van der Waals surface area contributed by atoms with E-state index in [1.807, 2.05) is 0 Å². The van der Waals surface area contributed by atoms with Gasteiger partial charge in [0.1, 0.15) is 0 Å². The molecular weight excluding hydrogens is 360 g/mol. The Morgan fingerprint density at radius 1 is 1.17 bits per heavy atom. The number of ether oxygens (including phenoxy) is 1. The van der Waals surface area contributed by atoms with Gasteiger partial charge in [-0.05, 0) is 23.8 Å². The molecule has 0 atom stereocenters. The molecule has 0 saturated heterocycles. The van der Waals surface area contributed by atoms with Crippen molar-refractivity contribution in [2.45, 2.75) is 6.18 Å². The molecule has 2 aromatic rings. The van der Waals surface area contributed by atoms with E-state index in [2.05, 4.69) is 14.9 Å². The third-order valence-electron chi connectivity index (χ3n) is 2.58. The van der Waals surface area contributed by atoms with Crippen molar-refractivity contribution in [3.8, 4) is 17.0 Å². The summed E-state index contributed by atoms with van der Waals surface area (Å²) in [5, 5.41) is 16.0. The number of aromatic carboxylic acids is 1. The van der Waals surface area contributed by atoms with Crippen LogP contribution in [0, 0.1) is 0 Å². The van der Waals surface area contributed by atoms with Crippen LogP contribution in [0.15, 0.2) is 24.3 Å². The van der Waals surface area contributed by atoms with E-state index in [1.54, 1.807) is 0 Å². The van der Waals surface area contributed by atoms with E-state index in [9.17, 15) is 18.0 Å². The van der Waals surface area contributed by atoms with Crippen LogP contribution in [0.1, 0.15) is 10.5 Å². The monoisotopic (exact) mass is 366 g/mol. The van der Waals surface area contributed by atoms with Crippen LogP contribution >= 0.6 is 23.2 Å². The van der Waals surface area contributed by atoms with Crippen LogP contribution in [-0.4, -0.2) is 34.1 Å². The Kier molecular flexibility index (Phi) is 4.96. The zero-order valence-corrected chi connectivity index (χ0v) is 12.6. The highest BCUT2D eigenvalue weighted by atomic mass is 35.5. The topological polar surface area (TPSA) is 72.3 Å². The van der Waals surface area contributed by atoms with Crippen LogP contribution in [-0.2, 0) is 0 Å². The second-order valence-corrected chi connectivity index (χ2v) is 5.10. The van der Waals surface area contributed by atoms with E-state index in [0.29, 0.717) is 0 Å². The number of carbonyl (C=O) groups is 1. The van der Waals surface area contributed by atoms with Crippen LogP contribution in [0.3, 0.4) is 0 Å². The summed E-state index contributed by atoms with van der Waals surface area (Å²) in [4.78, 5) is 11.0. The van der Waals surface area contributed by atoms with Crippen molar-refractivity contribution < 1.29 is 27.8 Å². The van der Waals surface area contributed by atoms with E-state index in [4.69, 9.17) is 28.3 Å². The molecule has 122 valence electrons. The summed E-state index contributed by atoms with van der Waals surface area (Å²) in [6, 6.07) is 5.25. The molecule has 1 heterocycles. The van der Waals surface area contributed by atoms with Gasteiger partial charge in [-0.1, -0.05) is 29.3 Å². The second-order valence-electron chi connectivity index (χ2n) is 4.29. The standard InChI is InChI=1S/C13H7Cl2F3N2O3/c14-8-2-1-6(3-9(8)15)7-4-10(12(21)22)19-20-11(7)23-5-13(16,17)18/h1-4H,5H2,(H,21,22). The number of alkyl halides is 3. The number of carboxylic acid groups (broad SMARTS) is 1. The molecule has 0 unspecified atom stereocenters. The summed E-state index contributed by atoms with van der Waals surface area (Å²) >= 11 is 11.6. The van der Waals surface area contributed by atoms with Crippen molar-refractivity contribution in [3.05, 3.63) is 40.0 Å². The molecule has 0 fully saturated rings. The first-order valence-electron chi connectivity index (χ1n) is 5.93. The Bertz CT molecular complexity index is 754. The Balaban J connectivity index is 2.49. The molecule has 0 saturated carbocycles. The summed E-state index contributed by atoms with van der Waals surface area (Å²) in [5.74, 6) is -1.85.